The summed E-state index contributed by atoms with van der Waals surface area (Å²) in [5.74, 6) is 10.5. The zero-order chi connectivity index (χ0) is 14.0. The molecule has 0 amide bonds. The van der Waals surface area contributed by atoms with E-state index >= 15 is 0 Å². The molecular weight excluding hydrogens is 240 g/mol. The molecule has 1 heterocycles. The van der Waals surface area contributed by atoms with Gasteiger partial charge in [0.25, 0.3) is 0 Å². The van der Waals surface area contributed by atoms with Gasteiger partial charge in [-0.3, -0.25) is 4.79 Å². The summed E-state index contributed by atoms with van der Waals surface area (Å²) in [6, 6.07) is 3.50. The Bertz CT molecular complexity index is 620. The largest absolute Gasteiger partial charge is 0.375 e. The number of hydrogen-bond acceptors (Lipinski definition) is 4. The number of amidine groups is 1. The number of fused-ring (bicyclic) bond motifs is 1. The van der Waals surface area contributed by atoms with Crippen LogP contribution < -0.4 is 11.6 Å². The molecule has 98 valence electrons. The molecule has 1 aliphatic rings. The van der Waals surface area contributed by atoms with Gasteiger partial charge in [0.05, 0.1) is 5.69 Å². The molecule has 0 aromatic carbocycles. The zero-order valence-electron chi connectivity index (χ0n) is 11.0. The number of nitrogens with zero attached hydrogens (tertiary/aromatic N) is 2. The first-order chi connectivity index (χ1) is 8.94. The number of hydrogen-bond donors (Lipinski definition) is 2. The van der Waals surface area contributed by atoms with Crippen LogP contribution in [0.2, 0.25) is 0 Å². The van der Waals surface area contributed by atoms with Crippen molar-refractivity contribution in [2.75, 3.05) is 0 Å². The van der Waals surface area contributed by atoms with Crippen LogP contribution >= 0.6 is 0 Å². The van der Waals surface area contributed by atoms with Gasteiger partial charge >= 0.3 is 0 Å². The summed E-state index contributed by atoms with van der Waals surface area (Å²) in [4.78, 5) is 16.6. The number of rotatable bonds is 0. The monoisotopic (exact) mass is 256 g/mol. The van der Waals surface area contributed by atoms with Crippen LogP contribution in [0.5, 0.6) is 0 Å². The molecule has 0 unspecified atom stereocenters. The SMILES string of the molecule is CC1(C)CCc2nc(C#C/C(N)=N/N)ccc2C1=O. The first-order valence-electron chi connectivity index (χ1n) is 6.04. The Labute approximate surface area is 112 Å². The molecule has 0 radical (unpaired) electrons. The van der Waals surface area contributed by atoms with Crippen molar-refractivity contribution in [1.29, 1.82) is 0 Å². The number of hydrazone groups is 1. The van der Waals surface area contributed by atoms with Gasteiger partial charge in [-0.1, -0.05) is 13.8 Å². The fourth-order valence-corrected chi connectivity index (χ4v) is 2.04. The third-order valence-electron chi connectivity index (χ3n) is 3.28. The fraction of sp³-hybridized carbons (Fsp3) is 0.357. The summed E-state index contributed by atoms with van der Waals surface area (Å²) in [6.07, 6.45) is 1.58. The van der Waals surface area contributed by atoms with Gasteiger partial charge in [0.2, 0.25) is 0 Å². The van der Waals surface area contributed by atoms with Crippen molar-refractivity contribution >= 4 is 11.6 Å². The Morgan fingerprint density at radius 1 is 1.47 bits per heavy atom. The average molecular weight is 256 g/mol. The average Bonchev–Trinajstić information content (AvgIpc) is 2.40. The summed E-state index contributed by atoms with van der Waals surface area (Å²) in [5.41, 5.74) is 7.15. The molecule has 1 aromatic rings. The van der Waals surface area contributed by atoms with E-state index in [2.05, 4.69) is 21.9 Å². The Morgan fingerprint density at radius 3 is 2.89 bits per heavy atom. The van der Waals surface area contributed by atoms with Crippen LogP contribution in [0.25, 0.3) is 0 Å². The van der Waals surface area contributed by atoms with E-state index in [0.29, 0.717) is 11.3 Å². The highest BCUT2D eigenvalue weighted by atomic mass is 16.1. The topological polar surface area (TPSA) is 94.4 Å². The highest BCUT2D eigenvalue weighted by Gasteiger charge is 2.34. The number of carbonyl (C=O) groups excluding carboxylic acids is 1. The molecule has 19 heavy (non-hydrogen) atoms. The molecular formula is C14H16N4O. The van der Waals surface area contributed by atoms with Gasteiger partial charge < -0.3 is 11.6 Å². The van der Waals surface area contributed by atoms with Crippen LogP contribution in [0.3, 0.4) is 0 Å². The molecule has 0 bridgehead atoms. The van der Waals surface area contributed by atoms with E-state index in [1.165, 1.54) is 0 Å². The van der Waals surface area contributed by atoms with Gasteiger partial charge in [-0.15, -0.1) is 0 Å². The number of nitrogens with two attached hydrogens (primary N) is 2. The molecule has 0 aliphatic heterocycles. The van der Waals surface area contributed by atoms with Gasteiger partial charge in [-0.05, 0) is 36.8 Å². The van der Waals surface area contributed by atoms with Crippen LogP contribution in [0.15, 0.2) is 17.2 Å². The van der Waals surface area contributed by atoms with E-state index < -0.39 is 0 Å². The zero-order valence-corrected chi connectivity index (χ0v) is 11.0. The molecule has 2 rings (SSSR count). The van der Waals surface area contributed by atoms with Crippen LogP contribution in [-0.2, 0) is 6.42 Å². The Balaban J connectivity index is 2.36. The summed E-state index contributed by atoms with van der Waals surface area (Å²) < 4.78 is 0. The molecule has 0 fully saturated rings. The summed E-state index contributed by atoms with van der Waals surface area (Å²) in [5, 5.41) is 3.26. The molecule has 1 aliphatic carbocycles. The predicted octanol–water partition coefficient (Wildman–Crippen LogP) is 0.819. The van der Waals surface area contributed by atoms with E-state index in [0.717, 1.165) is 18.5 Å². The van der Waals surface area contributed by atoms with E-state index in [1.54, 1.807) is 12.1 Å². The highest BCUT2D eigenvalue weighted by molar-refractivity contribution is 6.02. The van der Waals surface area contributed by atoms with E-state index in [9.17, 15) is 4.79 Å². The highest BCUT2D eigenvalue weighted by Crippen LogP contribution is 2.33. The normalized spacial score (nSPS) is 17.4. The van der Waals surface area contributed by atoms with Crippen molar-refractivity contribution < 1.29 is 4.79 Å². The molecule has 1 aromatic heterocycles. The first-order valence-corrected chi connectivity index (χ1v) is 6.04. The molecule has 0 saturated carbocycles. The van der Waals surface area contributed by atoms with E-state index in [-0.39, 0.29) is 17.0 Å². The maximum Gasteiger partial charge on any atom is 0.194 e. The maximum absolute atomic E-state index is 12.2. The van der Waals surface area contributed by atoms with Crippen molar-refractivity contribution in [3.63, 3.8) is 0 Å². The summed E-state index contributed by atoms with van der Waals surface area (Å²) in [7, 11) is 0. The number of pyridine rings is 1. The quantitative estimate of drug-likeness (QED) is 0.236. The molecule has 0 atom stereocenters. The minimum absolute atomic E-state index is 0.0525. The number of aryl methyl sites for hydroxylation is 1. The summed E-state index contributed by atoms with van der Waals surface area (Å²) in [6.45, 7) is 3.93. The predicted molar refractivity (Wildman–Crippen MR) is 73.4 cm³/mol. The van der Waals surface area contributed by atoms with Crippen molar-refractivity contribution in [2.45, 2.75) is 26.7 Å². The second kappa shape index (κ2) is 4.73. The second-order valence-electron chi connectivity index (χ2n) is 5.17. The minimum Gasteiger partial charge on any atom is -0.375 e. The lowest BCUT2D eigenvalue weighted by Gasteiger charge is -2.28. The number of ketones is 1. The van der Waals surface area contributed by atoms with Gasteiger partial charge in [-0.2, -0.15) is 5.10 Å². The minimum atomic E-state index is -0.307. The van der Waals surface area contributed by atoms with Crippen LogP contribution in [0.1, 0.15) is 42.0 Å². The number of aromatic nitrogens is 1. The van der Waals surface area contributed by atoms with Crippen LogP contribution in [-0.4, -0.2) is 16.6 Å². The number of carbonyl (C=O) groups is 1. The Kier molecular flexibility index (Phi) is 3.26. The smallest absolute Gasteiger partial charge is 0.194 e. The molecule has 5 nitrogen and oxygen atoms in total. The van der Waals surface area contributed by atoms with Gasteiger partial charge in [0.15, 0.2) is 11.6 Å². The lowest BCUT2D eigenvalue weighted by molar-refractivity contribution is 0.0809. The second-order valence-corrected chi connectivity index (χ2v) is 5.17. The maximum atomic E-state index is 12.2. The van der Waals surface area contributed by atoms with E-state index in [1.807, 2.05) is 13.8 Å². The van der Waals surface area contributed by atoms with Gasteiger partial charge in [-0.25, -0.2) is 4.98 Å². The van der Waals surface area contributed by atoms with Crippen molar-refractivity contribution in [3.05, 3.63) is 29.1 Å². The van der Waals surface area contributed by atoms with Crippen molar-refractivity contribution in [2.24, 2.45) is 22.1 Å². The van der Waals surface area contributed by atoms with E-state index in [4.69, 9.17) is 11.6 Å². The van der Waals surface area contributed by atoms with Crippen molar-refractivity contribution in [1.82, 2.24) is 4.98 Å². The standard InChI is InChI=1S/C14H16N4O/c1-14(2)8-7-11-10(13(14)19)5-3-9(17-11)4-6-12(15)18-16/h3,5H,7-8,16H2,1-2H3,(H2,15,18). The van der Waals surface area contributed by atoms with Crippen molar-refractivity contribution in [3.8, 4) is 11.8 Å². The third-order valence-corrected chi connectivity index (χ3v) is 3.28. The third kappa shape index (κ3) is 2.58. The molecule has 0 saturated heterocycles. The molecule has 5 heteroatoms. The lowest BCUT2D eigenvalue weighted by Crippen LogP contribution is -2.31. The van der Waals surface area contributed by atoms with Gasteiger partial charge in [0, 0.05) is 11.0 Å². The van der Waals surface area contributed by atoms with Crippen LogP contribution in [0.4, 0.5) is 0 Å². The van der Waals surface area contributed by atoms with Gasteiger partial charge in [0.1, 0.15) is 5.69 Å². The Morgan fingerprint density at radius 2 is 2.21 bits per heavy atom. The summed E-state index contributed by atoms with van der Waals surface area (Å²) >= 11 is 0. The number of Topliss-reactive ketones (excluding diaryl/α,β-unsaturated/α-hetero) is 1. The van der Waals surface area contributed by atoms with Crippen LogP contribution in [0, 0.1) is 17.3 Å². The molecule has 0 spiro atoms. The fourth-order valence-electron chi connectivity index (χ4n) is 2.04. The first kappa shape index (κ1) is 13.1. The molecule has 4 N–H and O–H groups in total. The Hall–Kier alpha value is -2.35. The lowest BCUT2D eigenvalue weighted by atomic mass is 9.75.